The minimum atomic E-state index is -0.280. The minimum absolute atomic E-state index is 0.280. The average molecular weight is 263 g/mol. The summed E-state index contributed by atoms with van der Waals surface area (Å²) in [6.07, 6.45) is 1.64. The molecule has 3 rings (SSSR count). The highest BCUT2D eigenvalue weighted by Gasteiger charge is 2.03. The summed E-state index contributed by atoms with van der Waals surface area (Å²) in [5.41, 5.74) is 1.67. The van der Waals surface area contributed by atoms with Gasteiger partial charge in [-0.25, -0.2) is 9.37 Å². The van der Waals surface area contributed by atoms with Gasteiger partial charge in [0.1, 0.15) is 5.82 Å². The Labute approximate surface area is 115 Å². The van der Waals surface area contributed by atoms with Crippen LogP contribution in [0.3, 0.4) is 0 Å². The van der Waals surface area contributed by atoms with E-state index in [4.69, 9.17) is 4.42 Å². The van der Waals surface area contributed by atoms with E-state index in [0.717, 1.165) is 5.56 Å². The Morgan fingerprint density at radius 3 is 2.40 bits per heavy atom. The monoisotopic (exact) mass is 263 g/mol. The van der Waals surface area contributed by atoms with Gasteiger partial charge in [-0.2, -0.15) is 0 Å². The molecule has 0 unspecified atom stereocenters. The Morgan fingerprint density at radius 1 is 0.900 bits per heavy atom. The maximum atomic E-state index is 12.8. The summed E-state index contributed by atoms with van der Waals surface area (Å²) < 4.78 is 18.3. The SMILES string of the molecule is Fc1ccc(C#Cc2ncc(-c3ccccc3)o2)cc1. The quantitative estimate of drug-likeness (QED) is 0.623. The lowest BCUT2D eigenvalue weighted by atomic mass is 10.2. The molecular weight excluding hydrogens is 253 g/mol. The summed E-state index contributed by atoms with van der Waals surface area (Å²) in [5.74, 6) is 6.44. The third-order valence-corrected chi connectivity index (χ3v) is 2.72. The van der Waals surface area contributed by atoms with Gasteiger partial charge in [0.05, 0.1) is 6.20 Å². The van der Waals surface area contributed by atoms with Crippen molar-refractivity contribution >= 4 is 0 Å². The number of rotatable bonds is 1. The maximum absolute atomic E-state index is 12.8. The van der Waals surface area contributed by atoms with E-state index in [1.165, 1.54) is 12.1 Å². The lowest BCUT2D eigenvalue weighted by Gasteiger charge is -1.92. The van der Waals surface area contributed by atoms with Crippen molar-refractivity contribution in [3.8, 4) is 23.2 Å². The van der Waals surface area contributed by atoms with Gasteiger partial charge in [-0.3, -0.25) is 0 Å². The molecular formula is C17H10FNO. The van der Waals surface area contributed by atoms with Crippen LogP contribution in [0.2, 0.25) is 0 Å². The number of halogens is 1. The van der Waals surface area contributed by atoms with Gasteiger partial charge in [-0.1, -0.05) is 36.3 Å². The van der Waals surface area contributed by atoms with Crippen LogP contribution in [0.1, 0.15) is 11.5 Å². The van der Waals surface area contributed by atoms with Crippen LogP contribution in [-0.4, -0.2) is 4.98 Å². The summed E-state index contributed by atoms with van der Waals surface area (Å²) in [5, 5.41) is 0. The normalized spacial score (nSPS) is 9.85. The van der Waals surface area contributed by atoms with Gasteiger partial charge in [-0.15, -0.1) is 0 Å². The molecule has 0 aliphatic carbocycles. The Bertz CT molecular complexity index is 764. The van der Waals surface area contributed by atoms with Crippen LogP contribution in [0.25, 0.3) is 11.3 Å². The van der Waals surface area contributed by atoms with Crippen LogP contribution >= 0.6 is 0 Å². The van der Waals surface area contributed by atoms with Crippen LogP contribution < -0.4 is 0 Å². The third kappa shape index (κ3) is 2.76. The molecule has 0 N–H and O–H groups in total. The van der Waals surface area contributed by atoms with Gasteiger partial charge >= 0.3 is 0 Å². The second-order valence-electron chi connectivity index (χ2n) is 4.15. The van der Waals surface area contributed by atoms with Crippen LogP contribution in [0.4, 0.5) is 4.39 Å². The van der Waals surface area contributed by atoms with Crippen LogP contribution in [-0.2, 0) is 0 Å². The Kier molecular flexibility index (Phi) is 3.30. The fraction of sp³-hybridized carbons (Fsp3) is 0. The van der Waals surface area contributed by atoms with E-state index in [1.54, 1.807) is 18.3 Å². The summed E-state index contributed by atoms with van der Waals surface area (Å²) >= 11 is 0. The lowest BCUT2D eigenvalue weighted by Crippen LogP contribution is -1.77. The topological polar surface area (TPSA) is 26.0 Å². The third-order valence-electron chi connectivity index (χ3n) is 2.72. The zero-order valence-corrected chi connectivity index (χ0v) is 10.5. The second-order valence-corrected chi connectivity index (χ2v) is 4.15. The first-order valence-electron chi connectivity index (χ1n) is 6.10. The summed E-state index contributed by atoms with van der Waals surface area (Å²) in [6.45, 7) is 0. The number of nitrogens with zero attached hydrogens (tertiary/aromatic N) is 1. The second kappa shape index (κ2) is 5.41. The molecule has 0 spiro atoms. The molecule has 0 saturated heterocycles. The molecule has 20 heavy (non-hydrogen) atoms. The Morgan fingerprint density at radius 2 is 1.65 bits per heavy atom. The molecule has 96 valence electrons. The zero-order valence-electron chi connectivity index (χ0n) is 10.5. The fourth-order valence-corrected chi connectivity index (χ4v) is 1.73. The Hall–Kier alpha value is -2.86. The van der Waals surface area contributed by atoms with Crippen molar-refractivity contribution in [2.45, 2.75) is 0 Å². The van der Waals surface area contributed by atoms with Crippen molar-refractivity contribution in [3.05, 3.63) is 78.1 Å². The fourth-order valence-electron chi connectivity index (χ4n) is 1.73. The van der Waals surface area contributed by atoms with Crippen molar-refractivity contribution < 1.29 is 8.81 Å². The maximum Gasteiger partial charge on any atom is 0.274 e. The van der Waals surface area contributed by atoms with Crippen molar-refractivity contribution in [3.63, 3.8) is 0 Å². The summed E-state index contributed by atoms with van der Waals surface area (Å²) in [4.78, 5) is 4.11. The molecule has 0 radical (unpaired) electrons. The number of hydrogen-bond donors (Lipinski definition) is 0. The van der Waals surface area contributed by atoms with Gasteiger partial charge in [-0.05, 0) is 30.2 Å². The predicted octanol–water partition coefficient (Wildman–Crippen LogP) is 3.88. The molecule has 0 amide bonds. The number of oxazole rings is 1. The van der Waals surface area contributed by atoms with Crippen LogP contribution in [0.5, 0.6) is 0 Å². The first-order chi connectivity index (χ1) is 9.81. The van der Waals surface area contributed by atoms with E-state index in [9.17, 15) is 4.39 Å². The van der Waals surface area contributed by atoms with E-state index in [1.807, 2.05) is 30.3 Å². The molecule has 2 nitrogen and oxygen atoms in total. The molecule has 0 aliphatic heterocycles. The van der Waals surface area contributed by atoms with E-state index >= 15 is 0 Å². The molecule has 1 heterocycles. The first-order valence-corrected chi connectivity index (χ1v) is 6.10. The standard InChI is InChI=1S/C17H10FNO/c18-15-9-6-13(7-10-15)8-11-17-19-12-16(20-17)14-4-2-1-3-5-14/h1-7,9-10,12H. The summed E-state index contributed by atoms with van der Waals surface area (Å²) in [6, 6.07) is 15.7. The molecule has 3 heteroatoms. The molecule has 0 saturated carbocycles. The van der Waals surface area contributed by atoms with Gasteiger partial charge in [0.15, 0.2) is 5.76 Å². The van der Waals surface area contributed by atoms with Gasteiger partial charge in [0, 0.05) is 11.1 Å². The van der Waals surface area contributed by atoms with Crippen molar-refractivity contribution in [1.82, 2.24) is 4.98 Å². The van der Waals surface area contributed by atoms with Gasteiger partial charge in [0.25, 0.3) is 5.89 Å². The Balaban J connectivity index is 1.83. The molecule has 0 fully saturated rings. The molecule has 2 aromatic carbocycles. The minimum Gasteiger partial charge on any atom is -0.430 e. The van der Waals surface area contributed by atoms with E-state index in [0.29, 0.717) is 17.2 Å². The largest absolute Gasteiger partial charge is 0.430 e. The van der Waals surface area contributed by atoms with E-state index < -0.39 is 0 Å². The van der Waals surface area contributed by atoms with E-state index in [2.05, 4.69) is 16.8 Å². The van der Waals surface area contributed by atoms with Crippen molar-refractivity contribution in [2.75, 3.05) is 0 Å². The van der Waals surface area contributed by atoms with Gasteiger partial charge in [0.2, 0.25) is 0 Å². The van der Waals surface area contributed by atoms with Crippen LogP contribution in [0.15, 0.2) is 65.2 Å². The van der Waals surface area contributed by atoms with Crippen molar-refractivity contribution in [2.24, 2.45) is 0 Å². The number of aromatic nitrogens is 1. The molecule has 0 atom stereocenters. The molecule has 1 aromatic heterocycles. The predicted molar refractivity (Wildman–Crippen MR) is 74.3 cm³/mol. The number of hydrogen-bond acceptors (Lipinski definition) is 2. The molecule has 0 bridgehead atoms. The smallest absolute Gasteiger partial charge is 0.274 e. The summed E-state index contributed by atoms with van der Waals surface area (Å²) in [7, 11) is 0. The molecule has 3 aromatic rings. The average Bonchev–Trinajstić information content (AvgIpc) is 2.97. The molecule has 0 aliphatic rings. The van der Waals surface area contributed by atoms with Crippen LogP contribution in [0, 0.1) is 17.7 Å². The highest BCUT2D eigenvalue weighted by Crippen LogP contribution is 2.19. The first kappa shape index (κ1) is 12.2. The highest BCUT2D eigenvalue weighted by molar-refractivity contribution is 5.56. The van der Waals surface area contributed by atoms with Crippen molar-refractivity contribution in [1.29, 1.82) is 0 Å². The number of benzene rings is 2. The van der Waals surface area contributed by atoms with E-state index in [-0.39, 0.29) is 5.82 Å². The zero-order chi connectivity index (χ0) is 13.8. The van der Waals surface area contributed by atoms with Gasteiger partial charge < -0.3 is 4.42 Å². The lowest BCUT2D eigenvalue weighted by molar-refractivity contribution is 0.557. The highest BCUT2D eigenvalue weighted by atomic mass is 19.1.